The highest BCUT2D eigenvalue weighted by Crippen LogP contribution is 2.24. The molecule has 1 fully saturated rings. The van der Waals surface area contributed by atoms with Crippen LogP contribution in [0.4, 0.5) is 4.39 Å². The molecule has 0 radical (unpaired) electrons. The third kappa shape index (κ3) is 3.76. The van der Waals surface area contributed by atoms with Crippen molar-refractivity contribution in [3.63, 3.8) is 0 Å². The van der Waals surface area contributed by atoms with Crippen LogP contribution in [0.15, 0.2) is 22.7 Å². The topological polar surface area (TPSA) is 49.3 Å². The molecule has 2 N–H and O–H groups in total. The predicted octanol–water partition coefficient (Wildman–Crippen LogP) is 2.87. The molecule has 0 saturated heterocycles. The average Bonchev–Trinajstić information content (AvgIpc) is 2.39. The van der Waals surface area contributed by atoms with Crippen molar-refractivity contribution in [1.29, 1.82) is 0 Å². The van der Waals surface area contributed by atoms with E-state index in [1.54, 1.807) is 6.07 Å². The highest BCUT2D eigenvalue weighted by Gasteiger charge is 2.21. The van der Waals surface area contributed by atoms with Crippen molar-refractivity contribution in [2.24, 2.45) is 5.92 Å². The first-order chi connectivity index (χ1) is 9.08. The fraction of sp³-hybridized carbons (Fsp3) is 0.500. The zero-order chi connectivity index (χ0) is 13.8. The number of aliphatic hydroxyl groups is 1. The lowest BCUT2D eigenvalue weighted by Crippen LogP contribution is -2.33. The Bertz CT molecular complexity index is 467. The molecule has 1 aromatic rings. The van der Waals surface area contributed by atoms with Gasteiger partial charge in [-0.05, 0) is 53.2 Å². The van der Waals surface area contributed by atoms with Gasteiger partial charge in [-0.25, -0.2) is 4.39 Å². The van der Waals surface area contributed by atoms with Crippen molar-refractivity contribution in [3.05, 3.63) is 34.1 Å². The molecule has 1 saturated carbocycles. The number of nitrogens with one attached hydrogen (secondary N) is 1. The van der Waals surface area contributed by atoms with Crippen molar-refractivity contribution in [3.8, 4) is 0 Å². The Kier molecular flexibility index (Phi) is 4.93. The molecule has 1 aromatic carbocycles. The van der Waals surface area contributed by atoms with Crippen molar-refractivity contribution >= 4 is 21.8 Å². The summed E-state index contributed by atoms with van der Waals surface area (Å²) in [6, 6.07) is 4.40. The van der Waals surface area contributed by atoms with Crippen molar-refractivity contribution in [2.45, 2.75) is 31.8 Å². The van der Waals surface area contributed by atoms with Gasteiger partial charge in [0, 0.05) is 6.54 Å². The number of carbonyl (C=O) groups excluding carboxylic acids is 1. The first-order valence-corrected chi connectivity index (χ1v) is 7.27. The summed E-state index contributed by atoms with van der Waals surface area (Å²) in [6.07, 6.45) is 3.33. The van der Waals surface area contributed by atoms with E-state index in [1.807, 2.05) is 0 Å². The summed E-state index contributed by atoms with van der Waals surface area (Å²) in [5, 5.41) is 12.4. The van der Waals surface area contributed by atoms with E-state index < -0.39 is 5.82 Å². The second-order valence-corrected chi connectivity index (χ2v) is 5.79. The third-order valence-corrected chi connectivity index (χ3v) is 4.31. The van der Waals surface area contributed by atoms with Gasteiger partial charge in [0.05, 0.1) is 16.1 Å². The summed E-state index contributed by atoms with van der Waals surface area (Å²) in [5.74, 6) is -0.424. The van der Waals surface area contributed by atoms with E-state index in [0.29, 0.717) is 18.0 Å². The van der Waals surface area contributed by atoms with Gasteiger partial charge >= 0.3 is 0 Å². The molecule has 0 aromatic heterocycles. The Balaban J connectivity index is 1.92. The predicted molar refractivity (Wildman–Crippen MR) is 74.4 cm³/mol. The largest absolute Gasteiger partial charge is 0.393 e. The summed E-state index contributed by atoms with van der Waals surface area (Å²) in [7, 11) is 0. The van der Waals surface area contributed by atoms with Gasteiger partial charge in [-0.2, -0.15) is 0 Å². The second-order valence-electron chi connectivity index (χ2n) is 5.00. The molecular formula is C14H17BrFNO2. The molecule has 2 atom stereocenters. The van der Waals surface area contributed by atoms with E-state index in [0.717, 1.165) is 25.7 Å². The van der Waals surface area contributed by atoms with Crippen LogP contribution in [0.5, 0.6) is 0 Å². The fourth-order valence-corrected chi connectivity index (χ4v) is 2.90. The number of amides is 1. The van der Waals surface area contributed by atoms with Gasteiger partial charge in [0.2, 0.25) is 0 Å². The highest BCUT2D eigenvalue weighted by atomic mass is 79.9. The van der Waals surface area contributed by atoms with Gasteiger partial charge in [-0.3, -0.25) is 4.79 Å². The number of aliphatic hydroxyl groups excluding tert-OH is 1. The molecule has 1 aliphatic carbocycles. The van der Waals surface area contributed by atoms with E-state index >= 15 is 0 Å². The van der Waals surface area contributed by atoms with Crippen molar-refractivity contribution in [1.82, 2.24) is 5.32 Å². The van der Waals surface area contributed by atoms with Gasteiger partial charge < -0.3 is 10.4 Å². The third-order valence-electron chi connectivity index (χ3n) is 3.50. The van der Waals surface area contributed by atoms with E-state index in [1.165, 1.54) is 12.1 Å². The maximum atomic E-state index is 13.3. The van der Waals surface area contributed by atoms with E-state index in [9.17, 15) is 14.3 Å². The lowest BCUT2D eigenvalue weighted by atomic mass is 9.87. The van der Waals surface area contributed by atoms with Gasteiger partial charge in [-0.1, -0.05) is 12.5 Å². The number of hydrogen-bond donors (Lipinski definition) is 2. The van der Waals surface area contributed by atoms with Crippen LogP contribution in [0.2, 0.25) is 0 Å². The zero-order valence-corrected chi connectivity index (χ0v) is 12.1. The molecule has 0 heterocycles. The Labute approximate surface area is 120 Å². The minimum atomic E-state index is -0.444. The van der Waals surface area contributed by atoms with Crippen LogP contribution in [0.1, 0.15) is 36.0 Å². The smallest absolute Gasteiger partial charge is 0.252 e. The maximum Gasteiger partial charge on any atom is 0.252 e. The Hall–Kier alpha value is -0.940. The molecule has 5 heteroatoms. The molecule has 2 unspecified atom stereocenters. The SMILES string of the molecule is O=C(NCC1CCCC(O)C1)c1cccc(F)c1Br. The van der Waals surface area contributed by atoms with Crippen LogP contribution in [0, 0.1) is 11.7 Å². The fourth-order valence-electron chi connectivity index (χ4n) is 2.46. The molecule has 3 nitrogen and oxygen atoms in total. The quantitative estimate of drug-likeness (QED) is 0.895. The Morgan fingerprint density at radius 3 is 3.00 bits per heavy atom. The number of halogens is 2. The summed E-state index contributed by atoms with van der Waals surface area (Å²) in [4.78, 5) is 12.0. The van der Waals surface area contributed by atoms with Crippen LogP contribution >= 0.6 is 15.9 Å². The van der Waals surface area contributed by atoms with Crippen LogP contribution < -0.4 is 5.32 Å². The van der Waals surface area contributed by atoms with Crippen LogP contribution in [0.25, 0.3) is 0 Å². The number of hydrogen-bond acceptors (Lipinski definition) is 2. The Morgan fingerprint density at radius 2 is 2.26 bits per heavy atom. The van der Waals surface area contributed by atoms with E-state index in [4.69, 9.17) is 0 Å². The van der Waals surface area contributed by atoms with Gasteiger partial charge in [0.25, 0.3) is 5.91 Å². The monoisotopic (exact) mass is 329 g/mol. The Morgan fingerprint density at radius 1 is 1.47 bits per heavy atom. The molecule has 19 heavy (non-hydrogen) atoms. The lowest BCUT2D eigenvalue weighted by Gasteiger charge is -2.25. The average molecular weight is 330 g/mol. The van der Waals surface area contributed by atoms with E-state index in [2.05, 4.69) is 21.2 Å². The zero-order valence-electron chi connectivity index (χ0n) is 10.5. The first kappa shape index (κ1) is 14.5. The summed E-state index contributed by atoms with van der Waals surface area (Å²) < 4.78 is 13.5. The summed E-state index contributed by atoms with van der Waals surface area (Å²) >= 11 is 3.08. The maximum absolute atomic E-state index is 13.3. The normalized spacial score (nSPS) is 23.1. The number of benzene rings is 1. The molecule has 2 rings (SSSR count). The second kappa shape index (κ2) is 6.48. The lowest BCUT2D eigenvalue weighted by molar-refractivity contribution is 0.0873. The molecule has 0 spiro atoms. The van der Waals surface area contributed by atoms with Crippen LogP contribution in [-0.4, -0.2) is 23.7 Å². The summed E-state index contributed by atoms with van der Waals surface area (Å²) in [5.41, 5.74) is 0.302. The van der Waals surface area contributed by atoms with Crippen LogP contribution in [-0.2, 0) is 0 Å². The minimum absolute atomic E-state index is 0.191. The molecule has 1 amide bonds. The molecule has 104 valence electrons. The minimum Gasteiger partial charge on any atom is -0.393 e. The molecule has 0 bridgehead atoms. The van der Waals surface area contributed by atoms with Crippen LogP contribution in [0.3, 0.4) is 0 Å². The van der Waals surface area contributed by atoms with Gasteiger partial charge in [0.15, 0.2) is 0 Å². The standard InChI is InChI=1S/C14H17BrFNO2/c15-13-11(5-2-6-12(13)16)14(19)17-8-9-3-1-4-10(18)7-9/h2,5-6,9-10,18H,1,3-4,7-8H2,(H,17,19). The number of carbonyl (C=O) groups is 1. The van der Waals surface area contributed by atoms with Gasteiger partial charge in [0.1, 0.15) is 5.82 Å². The number of rotatable bonds is 3. The van der Waals surface area contributed by atoms with Crippen molar-refractivity contribution in [2.75, 3.05) is 6.54 Å². The molecule has 0 aliphatic heterocycles. The molecular weight excluding hydrogens is 313 g/mol. The first-order valence-electron chi connectivity index (χ1n) is 6.48. The molecule has 1 aliphatic rings. The highest BCUT2D eigenvalue weighted by molar-refractivity contribution is 9.10. The van der Waals surface area contributed by atoms with Gasteiger partial charge in [-0.15, -0.1) is 0 Å². The van der Waals surface area contributed by atoms with E-state index in [-0.39, 0.29) is 16.5 Å². The van der Waals surface area contributed by atoms with Crippen molar-refractivity contribution < 1.29 is 14.3 Å². The summed E-state index contributed by atoms with van der Waals surface area (Å²) in [6.45, 7) is 0.527.